The van der Waals surface area contributed by atoms with Crippen LogP contribution in [0.15, 0.2) is 65.8 Å². The van der Waals surface area contributed by atoms with E-state index >= 15 is 0 Å². The zero-order valence-corrected chi connectivity index (χ0v) is 12.5. The molecule has 0 atom stereocenters. The van der Waals surface area contributed by atoms with Gasteiger partial charge in [-0.25, -0.2) is 4.98 Å². The number of aryl methyl sites for hydroxylation is 1. The Morgan fingerprint density at radius 1 is 0.905 bits per heavy atom. The SMILES string of the molecule is c1ccc(CCCSc2n[nH]c(-c3ccccc3)n2)cc1. The van der Waals surface area contributed by atoms with Crippen molar-refractivity contribution in [3.8, 4) is 11.4 Å². The minimum absolute atomic E-state index is 0.821. The molecule has 1 heterocycles. The summed E-state index contributed by atoms with van der Waals surface area (Å²) < 4.78 is 0. The van der Waals surface area contributed by atoms with Crippen LogP contribution in [0.5, 0.6) is 0 Å². The van der Waals surface area contributed by atoms with Gasteiger partial charge in [-0.2, -0.15) is 0 Å². The summed E-state index contributed by atoms with van der Waals surface area (Å²) in [6.45, 7) is 0. The van der Waals surface area contributed by atoms with E-state index < -0.39 is 0 Å². The predicted molar refractivity (Wildman–Crippen MR) is 87.3 cm³/mol. The smallest absolute Gasteiger partial charge is 0.208 e. The molecule has 0 aliphatic carbocycles. The summed E-state index contributed by atoms with van der Waals surface area (Å²) in [7, 11) is 0. The Labute approximate surface area is 128 Å². The van der Waals surface area contributed by atoms with Gasteiger partial charge in [0.15, 0.2) is 5.82 Å². The van der Waals surface area contributed by atoms with Gasteiger partial charge in [0.25, 0.3) is 0 Å². The Morgan fingerprint density at radius 3 is 2.38 bits per heavy atom. The van der Waals surface area contributed by atoms with Crippen molar-refractivity contribution in [1.82, 2.24) is 15.2 Å². The molecule has 4 heteroatoms. The van der Waals surface area contributed by atoms with Crippen LogP contribution in [-0.4, -0.2) is 20.9 Å². The second-order valence-corrected chi connectivity index (χ2v) is 5.83. The number of aromatic nitrogens is 3. The summed E-state index contributed by atoms with van der Waals surface area (Å²) in [6.07, 6.45) is 2.23. The zero-order chi connectivity index (χ0) is 14.3. The van der Waals surface area contributed by atoms with Gasteiger partial charge in [-0.15, -0.1) is 5.10 Å². The summed E-state index contributed by atoms with van der Waals surface area (Å²) in [6, 6.07) is 20.6. The third-order valence-corrected chi connectivity index (χ3v) is 4.13. The molecule has 3 rings (SSSR count). The first-order valence-electron chi connectivity index (χ1n) is 7.06. The highest BCUT2D eigenvalue weighted by Gasteiger charge is 2.05. The first-order chi connectivity index (χ1) is 10.4. The number of benzene rings is 2. The Bertz CT molecular complexity index is 665. The molecule has 0 saturated heterocycles. The van der Waals surface area contributed by atoms with Gasteiger partial charge < -0.3 is 0 Å². The largest absolute Gasteiger partial charge is 0.258 e. The molecule has 106 valence electrons. The van der Waals surface area contributed by atoms with Crippen molar-refractivity contribution in [2.24, 2.45) is 0 Å². The Morgan fingerprint density at radius 2 is 1.62 bits per heavy atom. The molecule has 2 aromatic carbocycles. The number of aromatic amines is 1. The van der Waals surface area contributed by atoms with Crippen molar-refractivity contribution in [1.29, 1.82) is 0 Å². The fraction of sp³-hybridized carbons (Fsp3) is 0.176. The van der Waals surface area contributed by atoms with Crippen molar-refractivity contribution in [2.45, 2.75) is 18.0 Å². The third kappa shape index (κ3) is 3.95. The van der Waals surface area contributed by atoms with Gasteiger partial charge in [0.2, 0.25) is 5.16 Å². The molecule has 0 aliphatic rings. The molecule has 0 saturated carbocycles. The maximum absolute atomic E-state index is 4.52. The highest BCUT2D eigenvalue weighted by Crippen LogP contribution is 2.19. The molecule has 1 aromatic heterocycles. The molecule has 0 unspecified atom stereocenters. The van der Waals surface area contributed by atoms with Crippen molar-refractivity contribution >= 4 is 11.8 Å². The maximum Gasteiger partial charge on any atom is 0.208 e. The van der Waals surface area contributed by atoms with Gasteiger partial charge in [-0.05, 0) is 18.4 Å². The summed E-state index contributed by atoms with van der Waals surface area (Å²) in [5, 5.41) is 8.08. The lowest BCUT2D eigenvalue weighted by Gasteiger charge is -1.99. The predicted octanol–water partition coefficient (Wildman–Crippen LogP) is 4.20. The molecule has 1 N–H and O–H groups in total. The van der Waals surface area contributed by atoms with Crippen LogP contribution >= 0.6 is 11.8 Å². The van der Waals surface area contributed by atoms with Crippen LogP contribution in [0.4, 0.5) is 0 Å². The van der Waals surface area contributed by atoms with Crippen LogP contribution in [0.25, 0.3) is 11.4 Å². The quantitative estimate of drug-likeness (QED) is 0.547. The van der Waals surface area contributed by atoms with Gasteiger partial charge in [0.1, 0.15) is 0 Å². The van der Waals surface area contributed by atoms with Crippen molar-refractivity contribution < 1.29 is 0 Å². The topological polar surface area (TPSA) is 41.6 Å². The number of nitrogens with one attached hydrogen (secondary N) is 1. The standard InChI is InChI=1S/C17H17N3S/c1-3-8-14(9-4-1)10-7-13-21-17-18-16(19-20-17)15-11-5-2-6-12-15/h1-6,8-9,11-12H,7,10,13H2,(H,18,19,20). The molecule has 3 aromatic rings. The number of rotatable bonds is 6. The molecule has 21 heavy (non-hydrogen) atoms. The summed E-state index contributed by atoms with van der Waals surface area (Å²) in [5.74, 6) is 1.86. The van der Waals surface area contributed by atoms with E-state index in [1.165, 1.54) is 5.56 Å². The molecule has 0 radical (unpaired) electrons. The number of nitrogens with zero attached hydrogens (tertiary/aromatic N) is 2. The lowest BCUT2D eigenvalue weighted by molar-refractivity contribution is 0.921. The van der Waals surface area contributed by atoms with Gasteiger partial charge in [0.05, 0.1) is 0 Å². The van der Waals surface area contributed by atoms with E-state index in [0.717, 1.165) is 35.1 Å². The molecule has 0 aliphatic heterocycles. The highest BCUT2D eigenvalue weighted by molar-refractivity contribution is 7.99. The van der Waals surface area contributed by atoms with Crippen molar-refractivity contribution in [3.63, 3.8) is 0 Å². The lowest BCUT2D eigenvalue weighted by Crippen LogP contribution is -1.88. The van der Waals surface area contributed by atoms with Crippen LogP contribution in [0, 0.1) is 0 Å². The average Bonchev–Trinajstić information content (AvgIpc) is 3.02. The maximum atomic E-state index is 4.52. The first kappa shape index (κ1) is 13.9. The highest BCUT2D eigenvalue weighted by atomic mass is 32.2. The van der Waals surface area contributed by atoms with E-state index in [0.29, 0.717) is 0 Å². The number of H-pyrrole nitrogens is 1. The molecule has 0 bridgehead atoms. The molecule has 0 spiro atoms. The number of hydrogen-bond donors (Lipinski definition) is 1. The summed E-state index contributed by atoms with van der Waals surface area (Å²) >= 11 is 1.70. The zero-order valence-electron chi connectivity index (χ0n) is 11.7. The summed E-state index contributed by atoms with van der Waals surface area (Å²) in [4.78, 5) is 4.52. The minimum Gasteiger partial charge on any atom is -0.258 e. The van der Waals surface area contributed by atoms with E-state index in [4.69, 9.17) is 0 Å². The molecule has 0 amide bonds. The van der Waals surface area contributed by atoms with Gasteiger partial charge in [0, 0.05) is 11.3 Å². The fourth-order valence-electron chi connectivity index (χ4n) is 2.12. The number of hydrogen-bond acceptors (Lipinski definition) is 3. The second-order valence-electron chi connectivity index (χ2n) is 4.77. The van der Waals surface area contributed by atoms with E-state index in [9.17, 15) is 0 Å². The van der Waals surface area contributed by atoms with Crippen molar-refractivity contribution in [2.75, 3.05) is 5.75 Å². The first-order valence-corrected chi connectivity index (χ1v) is 8.05. The fourth-order valence-corrected chi connectivity index (χ4v) is 2.86. The van der Waals surface area contributed by atoms with Crippen LogP contribution < -0.4 is 0 Å². The molecule has 3 nitrogen and oxygen atoms in total. The van der Waals surface area contributed by atoms with Gasteiger partial charge in [-0.1, -0.05) is 72.4 Å². The Hall–Kier alpha value is -2.07. The average molecular weight is 295 g/mol. The Kier molecular flexibility index (Phi) is 4.69. The molecular formula is C17H17N3S. The molecule has 0 fully saturated rings. The normalized spacial score (nSPS) is 10.7. The lowest BCUT2D eigenvalue weighted by atomic mass is 10.1. The van der Waals surface area contributed by atoms with E-state index in [2.05, 4.69) is 45.5 Å². The third-order valence-electron chi connectivity index (χ3n) is 3.20. The van der Waals surface area contributed by atoms with Crippen molar-refractivity contribution in [3.05, 3.63) is 66.2 Å². The second kappa shape index (κ2) is 7.09. The van der Waals surface area contributed by atoms with E-state index in [-0.39, 0.29) is 0 Å². The van der Waals surface area contributed by atoms with Gasteiger partial charge in [-0.3, -0.25) is 5.10 Å². The summed E-state index contributed by atoms with van der Waals surface area (Å²) in [5.41, 5.74) is 2.46. The van der Waals surface area contributed by atoms with Gasteiger partial charge >= 0.3 is 0 Å². The Balaban J connectivity index is 1.49. The number of thioether (sulfide) groups is 1. The van der Waals surface area contributed by atoms with Crippen LogP contribution in [-0.2, 0) is 6.42 Å². The van der Waals surface area contributed by atoms with Crippen LogP contribution in [0.3, 0.4) is 0 Å². The van der Waals surface area contributed by atoms with Crippen LogP contribution in [0.1, 0.15) is 12.0 Å². The molecular weight excluding hydrogens is 278 g/mol. The minimum atomic E-state index is 0.821. The van der Waals surface area contributed by atoms with E-state index in [1.807, 2.05) is 30.3 Å². The van der Waals surface area contributed by atoms with E-state index in [1.54, 1.807) is 11.8 Å². The monoisotopic (exact) mass is 295 g/mol. The van der Waals surface area contributed by atoms with Crippen LogP contribution in [0.2, 0.25) is 0 Å².